The van der Waals surface area contributed by atoms with Crippen molar-refractivity contribution >= 4 is 5.97 Å². The van der Waals surface area contributed by atoms with Gasteiger partial charge in [0, 0.05) is 24.0 Å². The Labute approximate surface area is 107 Å². The third kappa shape index (κ3) is 3.25. The Morgan fingerprint density at radius 3 is 2.53 bits per heavy atom. The highest BCUT2D eigenvalue weighted by Gasteiger charge is 2.03. The number of carboxylic acids is 1. The van der Waals surface area contributed by atoms with Gasteiger partial charge in [-0.05, 0) is 30.3 Å². The molecule has 0 saturated heterocycles. The number of aliphatic carboxylic acids is 1. The molecule has 0 atom stereocenters. The van der Waals surface area contributed by atoms with Gasteiger partial charge in [-0.15, -0.1) is 0 Å². The van der Waals surface area contributed by atoms with Gasteiger partial charge in [0.25, 0.3) is 5.56 Å². The molecule has 6 heteroatoms. The van der Waals surface area contributed by atoms with E-state index in [1.165, 1.54) is 36.4 Å². The van der Waals surface area contributed by atoms with Crippen molar-refractivity contribution in [2.45, 2.75) is 13.0 Å². The highest BCUT2D eigenvalue weighted by Crippen LogP contribution is 2.15. The molecule has 0 aliphatic heterocycles. The van der Waals surface area contributed by atoms with Crippen LogP contribution in [0.1, 0.15) is 6.42 Å². The Kier molecular flexibility index (Phi) is 3.70. The first-order valence-electron chi connectivity index (χ1n) is 5.60. The van der Waals surface area contributed by atoms with Crippen LogP contribution >= 0.6 is 0 Å². The van der Waals surface area contributed by atoms with Gasteiger partial charge >= 0.3 is 0 Å². The Morgan fingerprint density at radius 1 is 1.21 bits per heavy atom. The quantitative estimate of drug-likeness (QED) is 0.787. The van der Waals surface area contributed by atoms with Crippen molar-refractivity contribution in [3.8, 4) is 11.3 Å². The van der Waals surface area contributed by atoms with Gasteiger partial charge in [0.1, 0.15) is 5.82 Å². The SMILES string of the molecule is O=C([O-])CCn1nc(-c2ccc(F)cc2)ccc1=O. The number of hydrogen-bond acceptors (Lipinski definition) is 4. The number of halogens is 1. The first kappa shape index (κ1) is 12.9. The molecule has 0 amide bonds. The molecule has 1 heterocycles. The van der Waals surface area contributed by atoms with E-state index in [0.29, 0.717) is 11.3 Å². The molecule has 0 aliphatic rings. The number of carbonyl (C=O) groups is 1. The lowest BCUT2D eigenvalue weighted by atomic mass is 10.1. The lowest BCUT2D eigenvalue weighted by Gasteiger charge is -2.07. The molecule has 2 rings (SSSR count). The number of aromatic nitrogens is 2. The largest absolute Gasteiger partial charge is 0.550 e. The van der Waals surface area contributed by atoms with Crippen LogP contribution in [-0.2, 0) is 11.3 Å². The van der Waals surface area contributed by atoms with Crippen LogP contribution in [0.5, 0.6) is 0 Å². The molecule has 1 aromatic heterocycles. The highest BCUT2D eigenvalue weighted by atomic mass is 19.1. The van der Waals surface area contributed by atoms with E-state index >= 15 is 0 Å². The van der Waals surface area contributed by atoms with Crippen LogP contribution in [0.2, 0.25) is 0 Å². The minimum absolute atomic E-state index is 0.0593. The van der Waals surface area contributed by atoms with Gasteiger partial charge < -0.3 is 9.90 Å². The van der Waals surface area contributed by atoms with E-state index in [2.05, 4.69) is 5.10 Å². The summed E-state index contributed by atoms with van der Waals surface area (Å²) in [6.07, 6.45) is -0.292. The van der Waals surface area contributed by atoms with Crippen molar-refractivity contribution in [1.82, 2.24) is 9.78 Å². The van der Waals surface area contributed by atoms with Crippen molar-refractivity contribution in [1.29, 1.82) is 0 Å². The number of rotatable bonds is 4. The molecule has 5 nitrogen and oxygen atoms in total. The lowest BCUT2D eigenvalue weighted by molar-refractivity contribution is -0.306. The molecule has 0 radical (unpaired) electrons. The number of hydrogen-bond donors (Lipinski definition) is 0. The van der Waals surface area contributed by atoms with Gasteiger partial charge in [-0.1, -0.05) is 0 Å². The number of carbonyl (C=O) groups excluding carboxylic acids is 1. The summed E-state index contributed by atoms with van der Waals surface area (Å²) in [5.74, 6) is -1.62. The summed E-state index contributed by atoms with van der Waals surface area (Å²) in [4.78, 5) is 21.9. The van der Waals surface area contributed by atoms with Crippen LogP contribution < -0.4 is 10.7 Å². The Bertz CT molecular complexity index is 650. The maximum absolute atomic E-state index is 12.8. The summed E-state index contributed by atoms with van der Waals surface area (Å²) >= 11 is 0. The summed E-state index contributed by atoms with van der Waals surface area (Å²) in [5, 5.41) is 14.4. The molecule has 1 aromatic carbocycles. The first-order valence-corrected chi connectivity index (χ1v) is 5.60. The third-order valence-electron chi connectivity index (χ3n) is 2.53. The van der Waals surface area contributed by atoms with Crippen molar-refractivity contribution < 1.29 is 14.3 Å². The molecule has 0 bridgehead atoms. The standard InChI is InChI=1S/C13H11FN2O3/c14-10-3-1-9(2-4-10)11-5-6-12(17)16(15-11)8-7-13(18)19/h1-6H,7-8H2,(H,18,19)/p-1. The maximum Gasteiger partial charge on any atom is 0.266 e. The molecule has 2 aromatic rings. The van der Waals surface area contributed by atoms with Crippen LogP contribution in [0.4, 0.5) is 4.39 Å². The molecule has 19 heavy (non-hydrogen) atoms. The molecule has 0 fully saturated rings. The van der Waals surface area contributed by atoms with Crippen molar-refractivity contribution in [2.24, 2.45) is 0 Å². The highest BCUT2D eigenvalue weighted by molar-refractivity contribution is 5.64. The van der Waals surface area contributed by atoms with Crippen LogP contribution in [0.15, 0.2) is 41.2 Å². The molecule has 0 saturated carbocycles. The number of aryl methyl sites for hydroxylation is 1. The molecule has 0 spiro atoms. The zero-order chi connectivity index (χ0) is 13.8. The normalized spacial score (nSPS) is 10.4. The fourth-order valence-corrected chi connectivity index (χ4v) is 1.58. The number of nitrogens with zero attached hydrogens (tertiary/aromatic N) is 2. The number of benzene rings is 1. The van der Waals surface area contributed by atoms with Crippen molar-refractivity contribution in [3.05, 3.63) is 52.6 Å². The van der Waals surface area contributed by atoms with E-state index in [9.17, 15) is 19.1 Å². The van der Waals surface area contributed by atoms with E-state index in [1.807, 2.05) is 0 Å². The molecular weight excluding hydrogens is 251 g/mol. The summed E-state index contributed by atoms with van der Waals surface area (Å²) in [6, 6.07) is 8.43. The van der Waals surface area contributed by atoms with Crippen LogP contribution in [0.3, 0.4) is 0 Å². The Balaban J connectivity index is 2.32. The molecule has 0 unspecified atom stereocenters. The van der Waals surface area contributed by atoms with E-state index in [0.717, 1.165) is 4.68 Å². The third-order valence-corrected chi connectivity index (χ3v) is 2.53. The van der Waals surface area contributed by atoms with Gasteiger partial charge in [0.15, 0.2) is 0 Å². The molecule has 98 valence electrons. The first-order chi connectivity index (χ1) is 9.06. The smallest absolute Gasteiger partial charge is 0.266 e. The fraction of sp³-hybridized carbons (Fsp3) is 0.154. The van der Waals surface area contributed by atoms with E-state index in [4.69, 9.17) is 0 Å². The maximum atomic E-state index is 12.8. The molecular formula is C13H10FN2O3-. The summed E-state index contributed by atoms with van der Waals surface area (Å²) in [5.41, 5.74) is 0.716. The van der Waals surface area contributed by atoms with Crippen molar-refractivity contribution in [2.75, 3.05) is 0 Å². The van der Waals surface area contributed by atoms with Crippen molar-refractivity contribution in [3.63, 3.8) is 0 Å². The monoisotopic (exact) mass is 261 g/mol. The van der Waals surface area contributed by atoms with Crippen LogP contribution in [0.25, 0.3) is 11.3 Å². The lowest BCUT2D eigenvalue weighted by Crippen LogP contribution is -2.28. The second kappa shape index (κ2) is 5.43. The van der Waals surface area contributed by atoms with Gasteiger partial charge in [-0.3, -0.25) is 4.79 Å². The van der Waals surface area contributed by atoms with Gasteiger partial charge in [0.05, 0.1) is 12.2 Å². The second-order valence-corrected chi connectivity index (χ2v) is 3.91. The fourth-order valence-electron chi connectivity index (χ4n) is 1.58. The summed E-state index contributed by atoms with van der Waals surface area (Å²) in [7, 11) is 0. The van der Waals surface area contributed by atoms with Gasteiger partial charge in [0.2, 0.25) is 0 Å². The Hall–Kier alpha value is -2.50. The summed E-state index contributed by atoms with van der Waals surface area (Å²) < 4.78 is 13.9. The zero-order valence-electron chi connectivity index (χ0n) is 9.88. The second-order valence-electron chi connectivity index (χ2n) is 3.91. The van der Waals surface area contributed by atoms with Crippen LogP contribution in [-0.4, -0.2) is 15.7 Å². The minimum Gasteiger partial charge on any atom is -0.550 e. The average Bonchev–Trinajstić information content (AvgIpc) is 2.39. The van der Waals surface area contributed by atoms with Gasteiger partial charge in [-0.25, -0.2) is 9.07 Å². The molecule has 0 N–H and O–H groups in total. The predicted molar refractivity (Wildman–Crippen MR) is 63.5 cm³/mol. The zero-order valence-corrected chi connectivity index (χ0v) is 9.88. The van der Waals surface area contributed by atoms with Crippen LogP contribution in [0, 0.1) is 5.82 Å². The summed E-state index contributed by atoms with van der Waals surface area (Å²) in [6.45, 7) is -0.0593. The topological polar surface area (TPSA) is 75.0 Å². The average molecular weight is 261 g/mol. The van der Waals surface area contributed by atoms with E-state index < -0.39 is 11.5 Å². The molecule has 0 aliphatic carbocycles. The number of carboxylic acid groups (broad SMARTS) is 1. The minimum atomic E-state index is -1.25. The van der Waals surface area contributed by atoms with Gasteiger partial charge in [-0.2, -0.15) is 5.10 Å². The van der Waals surface area contributed by atoms with E-state index in [-0.39, 0.29) is 18.8 Å². The Morgan fingerprint density at radius 2 is 1.89 bits per heavy atom. The predicted octanol–water partition coefficient (Wildman–Crippen LogP) is 0.189. The van der Waals surface area contributed by atoms with E-state index in [1.54, 1.807) is 0 Å².